The first kappa shape index (κ1) is 19.4. The SMILES string of the molecule is CCNC(=NCc1ccccc1CN1CCOCC1)NCc1ccnn1C. The molecular weight excluding hydrogens is 340 g/mol. The summed E-state index contributed by atoms with van der Waals surface area (Å²) in [6, 6.07) is 10.6. The van der Waals surface area contributed by atoms with Gasteiger partial charge >= 0.3 is 0 Å². The van der Waals surface area contributed by atoms with E-state index in [1.54, 1.807) is 0 Å². The van der Waals surface area contributed by atoms with E-state index in [0.717, 1.165) is 51.0 Å². The lowest BCUT2D eigenvalue weighted by Crippen LogP contribution is -2.37. The molecule has 0 aliphatic carbocycles. The van der Waals surface area contributed by atoms with Crippen LogP contribution in [0.5, 0.6) is 0 Å². The van der Waals surface area contributed by atoms with E-state index < -0.39 is 0 Å². The summed E-state index contributed by atoms with van der Waals surface area (Å²) in [7, 11) is 1.95. The minimum Gasteiger partial charge on any atom is -0.379 e. The molecule has 1 aromatic heterocycles. The van der Waals surface area contributed by atoms with Crippen molar-refractivity contribution < 1.29 is 4.74 Å². The number of benzene rings is 1. The van der Waals surface area contributed by atoms with E-state index >= 15 is 0 Å². The van der Waals surface area contributed by atoms with Gasteiger partial charge in [-0.25, -0.2) is 4.99 Å². The van der Waals surface area contributed by atoms with Crippen LogP contribution in [0, 0.1) is 0 Å². The van der Waals surface area contributed by atoms with E-state index in [-0.39, 0.29) is 0 Å². The number of nitrogens with one attached hydrogen (secondary N) is 2. The van der Waals surface area contributed by atoms with Crippen LogP contribution in [0.25, 0.3) is 0 Å². The Hall–Kier alpha value is -2.38. The average Bonchev–Trinajstić information content (AvgIpc) is 3.11. The third-order valence-corrected chi connectivity index (χ3v) is 4.73. The zero-order valence-electron chi connectivity index (χ0n) is 16.3. The van der Waals surface area contributed by atoms with Crippen LogP contribution in [-0.4, -0.2) is 53.5 Å². The van der Waals surface area contributed by atoms with Gasteiger partial charge in [-0.2, -0.15) is 5.10 Å². The fourth-order valence-corrected chi connectivity index (χ4v) is 3.12. The molecule has 0 radical (unpaired) electrons. The summed E-state index contributed by atoms with van der Waals surface area (Å²) in [6.45, 7) is 8.83. The monoisotopic (exact) mass is 370 g/mol. The molecule has 1 saturated heterocycles. The van der Waals surface area contributed by atoms with E-state index in [1.807, 2.05) is 24.0 Å². The number of rotatable bonds is 7. The van der Waals surface area contributed by atoms with Crippen molar-refractivity contribution in [2.45, 2.75) is 26.6 Å². The topological polar surface area (TPSA) is 66.7 Å². The number of aliphatic imine (C=N–C) groups is 1. The summed E-state index contributed by atoms with van der Waals surface area (Å²) in [6.07, 6.45) is 1.81. The van der Waals surface area contributed by atoms with E-state index in [2.05, 4.69) is 51.8 Å². The summed E-state index contributed by atoms with van der Waals surface area (Å²) >= 11 is 0. The zero-order chi connectivity index (χ0) is 18.9. The van der Waals surface area contributed by atoms with Crippen LogP contribution >= 0.6 is 0 Å². The van der Waals surface area contributed by atoms with Crippen LogP contribution in [0.1, 0.15) is 23.7 Å². The first-order valence-corrected chi connectivity index (χ1v) is 9.62. The lowest BCUT2D eigenvalue weighted by molar-refractivity contribution is 0.0341. The standard InChI is InChI=1S/C20H30N6O/c1-3-21-20(23-15-19-8-9-24-25(19)2)22-14-17-6-4-5-7-18(17)16-26-10-12-27-13-11-26/h4-9H,3,10-16H2,1-2H3,(H2,21,22,23). The van der Waals surface area contributed by atoms with Crippen LogP contribution in [0.2, 0.25) is 0 Å². The highest BCUT2D eigenvalue weighted by Crippen LogP contribution is 2.14. The highest BCUT2D eigenvalue weighted by atomic mass is 16.5. The number of nitrogens with zero attached hydrogens (tertiary/aromatic N) is 4. The van der Waals surface area contributed by atoms with Crippen molar-refractivity contribution in [3.05, 3.63) is 53.3 Å². The maximum absolute atomic E-state index is 5.45. The van der Waals surface area contributed by atoms with Crippen molar-refractivity contribution in [2.24, 2.45) is 12.0 Å². The molecule has 2 N–H and O–H groups in total. The van der Waals surface area contributed by atoms with Gasteiger partial charge in [0.1, 0.15) is 0 Å². The minimum absolute atomic E-state index is 0.654. The maximum Gasteiger partial charge on any atom is 0.191 e. The van der Waals surface area contributed by atoms with Crippen molar-refractivity contribution in [1.29, 1.82) is 0 Å². The number of hydrogen-bond donors (Lipinski definition) is 2. The van der Waals surface area contributed by atoms with Crippen molar-refractivity contribution >= 4 is 5.96 Å². The first-order chi connectivity index (χ1) is 13.3. The van der Waals surface area contributed by atoms with Crippen molar-refractivity contribution in [3.63, 3.8) is 0 Å². The Balaban J connectivity index is 1.63. The normalized spacial score (nSPS) is 15.7. The van der Waals surface area contributed by atoms with Crippen molar-refractivity contribution in [2.75, 3.05) is 32.8 Å². The number of morpholine rings is 1. The second-order valence-corrected chi connectivity index (χ2v) is 6.65. The second-order valence-electron chi connectivity index (χ2n) is 6.65. The van der Waals surface area contributed by atoms with Gasteiger partial charge in [0, 0.05) is 39.4 Å². The van der Waals surface area contributed by atoms with Crippen LogP contribution in [0.4, 0.5) is 0 Å². The zero-order valence-corrected chi connectivity index (χ0v) is 16.3. The molecular formula is C20H30N6O. The third-order valence-electron chi connectivity index (χ3n) is 4.73. The molecule has 0 unspecified atom stereocenters. The lowest BCUT2D eigenvalue weighted by atomic mass is 10.1. The fraction of sp³-hybridized carbons (Fsp3) is 0.500. The molecule has 27 heavy (non-hydrogen) atoms. The molecule has 2 aromatic rings. The van der Waals surface area contributed by atoms with E-state index in [1.165, 1.54) is 11.1 Å². The van der Waals surface area contributed by atoms with Crippen LogP contribution in [0.15, 0.2) is 41.5 Å². The minimum atomic E-state index is 0.654. The van der Waals surface area contributed by atoms with Crippen molar-refractivity contribution in [3.8, 4) is 0 Å². The first-order valence-electron chi connectivity index (χ1n) is 9.62. The third kappa shape index (κ3) is 5.80. The number of ether oxygens (including phenoxy) is 1. The molecule has 0 atom stereocenters. The van der Waals surface area contributed by atoms with E-state index in [9.17, 15) is 0 Å². The molecule has 0 saturated carbocycles. The molecule has 0 spiro atoms. The Morgan fingerprint density at radius 1 is 1.15 bits per heavy atom. The molecule has 2 heterocycles. The molecule has 1 fully saturated rings. The van der Waals surface area contributed by atoms with Gasteiger partial charge in [-0.05, 0) is 24.1 Å². The molecule has 0 bridgehead atoms. The molecule has 0 amide bonds. The average molecular weight is 371 g/mol. The number of aromatic nitrogens is 2. The van der Waals surface area contributed by atoms with Gasteiger partial charge < -0.3 is 15.4 Å². The molecule has 7 nitrogen and oxygen atoms in total. The highest BCUT2D eigenvalue weighted by molar-refractivity contribution is 5.79. The van der Waals surface area contributed by atoms with Gasteiger partial charge in [0.25, 0.3) is 0 Å². The Bertz CT molecular complexity index is 736. The number of guanidine groups is 1. The van der Waals surface area contributed by atoms with Gasteiger partial charge in [0.2, 0.25) is 0 Å². The van der Waals surface area contributed by atoms with Gasteiger partial charge in [-0.1, -0.05) is 24.3 Å². The Labute approximate surface area is 161 Å². The lowest BCUT2D eigenvalue weighted by Gasteiger charge is -2.27. The van der Waals surface area contributed by atoms with Crippen molar-refractivity contribution in [1.82, 2.24) is 25.3 Å². The molecule has 3 rings (SSSR count). The Morgan fingerprint density at radius 2 is 1.93 bits per heavy atom. The molecule has 146 valence electrons. The number of aryl methyl sites for hydroxylation is 1. The summed E-state index contributed by atoms with van der Waals surface area (Å²) in [5, 5.41) is 10.9. The van der Waals surface area contributed by atoms with Gasteiger partial charge in [0.05, 0.1) is 32.0 Å². The van der Waals surface area contributed by atoms with E-state index in [4.69, 9.17) is 9.73 Å². The quantitative estimate of drug-likeness (QED) is 0.571. The predicted molar refractivity (Wildman–Crippen MR) is 107 cm³/mol. The predicted octanol–water partition coefficient (Wildman–Crippen LogP) is 1.51. The second kappa shape index (κ2) is 10.1. The van der Waals surface area contributed by atoms with Crippen LogP contribution in [0.3, 0.4) is 0 Å². The summed E-state index contributed by atoms with van der Waals surface area (Å²) < 4.78 is 7.32. The molecule has 1 aromatic carbocycles. The van der Waals surface area contributed by atoms with Gasteiger partial charge in [-0.3, -0.25) is 9.58 Å². The molecule has 1 aliphatic rings. The summed E-state index contributed by atoms with van der Waals surface area (Å²) in [5.41, 5.74) is 3.72. The summed E-state index contributed by atoms with van der Waals surface area (Å²) in [4.78, 5) is 7.23. The highest BCUT2D eigenvalue weighted by Gasteiger charge is 2.12. The molecule has 7 heteroatoms. The van der Waals surface area contributed by atoms with Gasteiger partial charge in [0.15, 0.2) is 5.96 Å². The van der Waals surface area contributed by atoms with Crippen LogP contribution in [-0.2, 0) is 31.4 Å². The van der Waals surface area contributed by atoms with Crippen LogP contribution < -0.4 is 10.6 Å². The Morgan fingerprint density at radius 3 is 2.63 bits per heavy atom. The van der Waals surface area contributed by atoms with Gasteiger partial charge in [-0.15, -0.1) is 0 Å². The number of hydrogen-bond acceptors (Lipinski definition) is 4. The van der Waals surface area contributed by atoms with E-state index in [0.29, 0.717) is 13.1 Å². The maximum atomic E-state index is 5.45. The molecule has 1 aliphatic heterocycles. The summed E-state index contributed by atoms with van der Waals surface area (Å²) in [5.74, 6) is 0.819. The largest absolute Gasteiger partial charge is 0.379 e. The Kier molecular flexibility index (Phi) is 7.24. The fourth-order valence-electron chi connectivity index (χ4n) is 3.12. The smallest absolute Gasteiger partial charge is 0.191 e.